The maximum absolute atomic E-state index is 12.4. The fraction of sp³-hybridized carbons (Fsp3) is 0.238. The molecule has 2 rings (SSSR count). The summed E-state index contributed by atoms with van der Waals surface area (Å²) in [5, 5.41) is 15.0. The van der Waals surface area contributed by atoms with Crippen LogP contribution in [0.5, 0.6) is 23.0 Å². The fourth-order valence-electron chi connectivity index (χ4n) is 2.55. The molecule has 0 radical (unpaired) electrons. The van der Waals surface area contributed by atoms with Crippen molar-refractivity contribution < 1.29 is 38.4 Å². The van der Waals surface area contributed by atoms with Crippen molar-refractivity contribution in [3.63, 3.8) is 0 Å². The van der Waals surface area contributed by atoms with Gasteiger partial charge < -0.3 is 29.4 Å². The van der Waals surface area contributed by atoms with Gasteiger partial charge in [0.2, 0.25) is 5.75 Å². The normalized spacial score (nSPS) is 10.3. The van der Waals surface area contributed by atoms with E-state index in [4.69, 9.17) is 24.1 Å². The highest BCUT2D eigenvalue weighted by Crippen LogP contribution is 2.38. The zero-order chi connectivity index (χ0) is 23.5. The molecule has 32 heavy (non-hydrogen) atoms. The summed E-state index contributed by atoms with van der Waals surface area (Å²) in [5.74, 6) is -0.992. The molecule has 0 aliphatic carbocycles. The molecule has 0 bridgehead atoms. The van der Waals surface area contributed by atoms with E-state index in [-0.39, 0.29) is 12.1 Å². The first-order chi connectivity index (χ1) is 15.4. The molecule has 0 unspecified atom stereocenters. The van der Waals surface area contributed by atoms with E-state index < -0.39 is 24.4 Å². The number of amides is 2. The lowest BCUT2D eigenvalue weighted by molar-refractivity contribution is -0.139. The van der Waals surface area contributed by atoms with E-state index in [1.54, 1.807) is 24.3 Å². The van der Waals surface area contributed by atoms with Crippen molar-refractivity contribution in [2.45, 2.75) is 0 Å². The van der Waals surface area contributed by atoms with Crippen LogP contribution in [0.15, 0.2) is 41.5 Å². The van der Waals surface area contributed by atoms with Crippen LogP contribution in [0.4, 0.5) is 0 Å². The third kappa shape index (κ3) is 6.62. The van der Waals surface area contributed by atoms with Crippen molar-refractivity contribution in [2.24, 2.45) is 5.10 Å². The lowest BCUT2D eigenvalue weighted by Crippen LogP contribution is -2.35. The largest absolute Gasteiger partial charge is 0.493 e. The highest BCUT2D eigenvalue weighted by atomic mass is 16.5. The minimum atomic E-state index is -1.12. The van der Waals surface area contributed by atoms with Crippen LogP contribution in [0.2, 0.25) is 0 Å². The van der Waals surface area contributed by atoms with E-state index in [1.807, 2.05) is 0 Å². The van der Waals surface area contributed by atoms with Crippen molar-refractivity contribution in [1.82, 2.24) is 10.7 Å². The fourth-order valence-corrected chi connectivity index (χ4v) is 2.55. The van der Waals surface area contributed by atoms with Gasteiger partial charge in [-0.1, -0.05) is 12.1 Å². The summed E-state index contributed by atoms with van der Waals surface area (Å²) in [6.45, 7) is -0.853. The lowest BCUT2D eigenvalue weighted by Gasteiger charge is -2.14. The van der Waals surface area contributed by atoms with Gasteiger partial charge in [-0.25, -0.2) is 10.2 Å². The zero-order valence-electron chi connectivity index (χ0n) is 17.7. The number of hydrogen-bond donors (Lipinski definition) is 3. The van der Waals surface area contributed by atoms with Gasteiger partial charge in [0.1, 0.15) is 5.75 Å². The molecule has 0 fully saturated rings. The molecule has 0 aliphatic heterocycles. The minimum absolute atomic E-state index is 0.209. The summed E-state index contributed by atoms with van der Waals surface area (Å²) in [5.41, 5.74) is 2.94. The van der Waals surface area contributed by atoms with E-state index in [1.165, 1.54) is 39.7 Å². The second kappa shape index (κ2) is 11.8. The second-order valence-corrected chi connectivity index (χ2v) is 6.11. The maximum Gasteiger partial charge on any atom is 0.341 e. The number of rotatable bonds is 11. The Kier molecular flexibility index (Phi) is 8.84. The highest BCUT2D eigenvalue weighted by Gasteiger charge is 2.17. The Morgan fingerprint density at radius 3 is 2.25 bits per heavy atom. The number of nitrogens with one attached hydrogen (secondary N) is 2. The van der Waals surface area contributed by atoms with Gasteiger partial charge in [0, 0.05) is 11.1 Å². The maximum atomic E-state index is 12.4. The van der Waals surface area contributed by atoms with E-state index in [0.717, 1.165) is 0 Å². The number of hydrazone groups is 1. The number of benzene rings is 2. The smallest absolute Gasteiger partial charge is 0.341 e. The molecule has 0 aliphatic rings. The van der Waals surface area contributed by atoms with Crippen LogP contribution in [0.1, 0.15) is 15.9 Å². The molecular formula is C21H23N3O8. The van der Waals surface area contributed by atoms with Gasteiger partial charge in [0.15, 0.2) is 18.1 Å². The summed E-state index contributed by atoms with van der Waals surface area (Å²) in [4.78, 5) is 35.1. The number of carbonyl (C=O) groups excluding carboxylic acids is 2. The first-order valence-electron chi connectivity index (χ1n) is 9.23. The Hall–Kier alpha value is -4.28. The average molecular weight is 445 g/mol. The van der Waals surface area contributed by atoms with Gasteiger partial charge in [-0.05, 0) is 24.3 Å². The number of carboxylic acid groups (broad SMARTS) is 1. The van der Waals surface area contributed by atoms with Gasteiger partial charge in [-0.3, -0.25) is 9.59 Å². The Morgan fingerprint density at radius 2 is 1.66 bits per heavy atom. The quantitative estimate of drug-likeness (QED) is 0.344. The molecular weight excluding hydrogens is 422 g/mol. The van der Waals surface area contributed by atoms with E-state index in [2.05, 4.69) is 15.8 Å². The average Bonchev–Trinajstić information content (AvgIpc) is 2.80. The van der Waals surface area contributed by atoms with E-state index >= 15 is 0 Å². The molecule has 11 nitrogen and oxygen atoms in total. The third-order valence-electron chi connectivity index (χ3n) is 4.00. The Bertz CT molecular complexity index is 981. The molecule has 170 valence electrons. The molecule has 0 spiro atoms. The van der Waals surface area contributed by atoms with Crippen molar-refractivity contribution in [1.29, 1.82) is 0 Å². The van der Waals surface area contributed by atoms with Gasteiger partial charge >= 0.3 is 5.97 Å². The standard InChI is InChI=1S/C21H23N3O8/c1-29-16-8-14(9-17(30-2)20(16)31-3)21(28)22-11-18(25)24-23-10-13-6-4-5-7-15(13)32-12-19(26)27/h4-10H,11-12H2,1-3H3,(H,22,28)(H,24,25)(H,26,27)/b23-10+. The molecule has 0 aromatic heterocycles. The van der Waals surface area contributed by atoms with Crippen LogP contribution in [0, 0.1) is 0 Å². The van der Waals surface area contributed by atoms with Crippen molar-refractivity contribution in [3.8, 4) is 23.0 Å². The number of ether oxygens (including phenoxy) is 4. The zero-order valence-corrected chi connectivity index (χ0v) is 17.7. The van der Waals surface area contributed by atoms with Crippen molar-refractivity contribution >= 4 is 24.0 Å². The predicted molar refractivity (Wildman–Crippen MR) is 114 cm³/mol. The molecule has 2 amide bonds. The van der Waals surface area contributed by atoms with Gasteiger partial charge in [0.25, 0.3) is 11.8 Å². The van der Waals surface area contributed by atoms with Gasteiger partial charge in [-0.2, -0.15) is 5.10 Å². The number of carbonyl (C=O) groups is 3. The Morgan fingerprint density at radius 1 is 1.00 bits per heavy atom. The molecule has 0 heterocycles. The minimum Gasteiger partial charge on any atom is -0.493 e. The van der Waals surface area contributed by atoms with E-state index in [0.29, 0.717) is 28.6 Å². The summed E-state index contributed by atoms with van der Waals surface area (Å²) in [6.07, 6.45) is 1.30. The first kappa shape index (κ1) is 24.0. The van der Waals surface area contributed by atoms with Crippen molar-refractivity contribution in [3.05, 3.63) is 47.5 Å². The Balaban J connectivity index is 1.95. The Labute approximate surface area is 183 Å². The SMILES string of the molecule is COc1cc(C(=O)NCC(=O)N/N=C/c2ccccc2OCC(=O)O)cc(OC)c1OC. The summed E-state index contributed by atoms with van der Waals surface area (Å²) in [6, 6.07) is 9.50. The van der Waals surface area contributed by atoms with Crippen LogP contribution >= 0.6 is 0 Å². The molecule has 2 aromatic carbocycles. The number of aliphatic carboxylic acids is 1. The topological polar surface area (TPSA) is 145 Å². The molecule has 0 saturated heterocycles. The second-order valence-electron chi connectivity index (χ2n) is 6.11. The number of carboxylic acids is 1. The number of methoxy groups -OCH3 is 3. The van der Waals surface area contributed by atoms with Gasteiger partial charge in [0.05, 0.1) is 34.1 Å². The summed E-state index contributed by atoms with van der Waals surface area (Å²) in [7, 11) is 4.30. The molecule has 0 atom stereocenters. The van der Waals surface area contributed by atoms with Crippen LogP contribution in [-0.2, 0) is 9.59 Å². The van der Waals surface area contributed by atoms with Gasteiger partial charge in [-0.15, -0.1) is 0 Å². The third-order valence-corrected chi connectivity index (χ3v) is 4.00. The molecule has 2 aromatic rings. The van der Waals surface area contributed by atoms with Crippen molar-refractivity contribution in [2.75, 3.05) is 34.5 Å². The molecule has 0 saturated carbocycles. The number of hydrogen-bond acceptors (Lipinski definition) is 8. The van der Waals surface area contributed by atoms with Crippen LogP contribution in [-0.4, -0.2) is 63.6 Å². The van der Waals surface area contributed by atoms with Crippen LogP contribution in [0.3, 0.4) is 0 Å². The predicted octanol–water partition coefficient (Wildman–Crippen LogP) is 1.06. The monoisotopic (exact) mass is 445 g/mol. The highest BCUT2D eigenvalue weighted by molar-refractivity contribution is 5.97. The van der Waals surface area contributed by atoms with E-state index in [9.17, 15) is 14.4 Å². The first-order valence-corrected chi connectivity index (χ1v) is 9.23. The number of para-hydroxylation sites is 1. The summed E-state index contributed by atoms with van der Waals surface area (Å²) >= 11 is 0. The lowest BCUT2D eigenvalue weighted by atomic mass is 10.1. The van der Waals surface area contributed by atoms with Crippen LogP contribution in [0.25, 0.3) is 0 Å². The molecule has 11 heteroatoms. The van der Waals surface area contributed by atoms with Crippen LogP contribution < -0.4 is 29.7 Å². The number of nitrogens with zero attached hydrogens (tertiary/aromatic N) is 1. The molecule has 3 N–H and O–H groups in total. The summed E-state index contributed by atoms with van der Waals surface area (Å²) < 4.78 is 20.8.